The predicted molar refractivity (Wildman–Crippen MR) is 121 cm³/mol. The van der Waals surface area contributed by atoms with Crippen molar-refractivity contribution in [2.45, 2.75) is 9.79 Å². The van der Waals surface area contributed by atoms with Crippen molar-refractivity contribution in [1.29, 1.82) is 0 Å². The molecule has 1 aromatic carbocycles. The summed E-state index contributed by atoms with van der Waals surface area (Å²) in [7, 11) is 0. The summed E-state index contributed by atoms with van der Waals surface area (Å²) in [6.07, 6.45) is 0. The van der Waals surface area contributed by atoms with Gasteiger partial charge in [-0.15, -0.1) is 0 Å². The van der Waals surface area contributed by atoms with E-state index in [0.29, 0.717) is 4.24 Å². The van der Waals surface area contributed by atoms with E-state index in [2.05, 4.69) is 45.2 Å². The zero-order valence-electron chi connectivity index (χ0n) is 13.1. The van der Waals surface area contributed by atoms with Gasteiger partial charge in [0.25, 0.3) is 11.8 Å². The Bertz CT molecular complexity index is 816. The Balaban J connectivity index is 2.06. The number of aliphatic hydroxyl groups excluding tert-OH is 2. The van der Waals surface area contributed by atoms with E-state index >= 15 is 0 Å². The smallest absolute Gasteiger partial charge is 0.267 e. The maximum Gasteiger partial charge on any atom is 0.267 e. The minimum atomic E-state index is -0.504. The number of hydrogen-bond donors (Lipinski definition) is 2. The number of carbonyl (C=O) groups excluding carboxylic acids is 2. The molecule has 0 radical (unpaired) electrons. The number of rotatable bonds is 4. The number of nitrogens with zero attached hydrogens (tertiary/aromatic N) is 2. The van der Waals surface area contributed by atoms with Crippen LogP contribution in [0.2, 0.25) is 0 Å². The predicted octanol–water partition coefficient (Wildman–Crippen LogP) is 2.25. The molecule has 11 heteroatoms. The maximum atomic E-state index is 12.9. The second-order valence-electron chi connectivity index (χ2n) is 5.22. The Kier molecular flexibility index (Phi) is 6.89. The van der Waals surface area contributed by atoms with Crippen molar-refractivity contribution in [3.8, 4) is 0 Å². The monoisotopic (exact) mass is 634 g/mol. The lowest BCUT2D eigenvalue weighted by atomic mass is 10.2. The molecular formula is C15H12I2N2O4S3. The topological polar surface area (TPSA) is 81.1 Å². The largest absolute Gasteiger partial charge is 0.395 e. The number of fused-ring (bicyclic) bond motifs is 1. The van der Waals surface area contributed by atoms with Gasteiger partial charge in [0.15, 0.2) is 5.11 Å². The van der Waals surface area contributed by atoms with Crippen molar-refractivity contribution < 1.29 is 19.8 Å². The highest BCUT2D eigenvalue weighted by Crippen LogP contribution is 2.54. The van der Waals surface area contributed by atoms with Crippen molar-refractivity contribution in [3.63, 3.8) is 0 Å². The molecule has 2 amide bonds. The van der Waals surface area contributed by atoms with Crippen LogP contribution < -0.4 is 0 Å². The molecule has 0 aromatic heterocycles. The summed E-state index contributed by atoms with van der Waals surface area (Å²) in [4.78, 5) is 30.3. The van der Waals surface area contributed by atoms with Crippen LogP contribution in [-0.4, -0.2) is 63.2 Å². The summed E-state index contributed by atoms with van der Waals surface area (Å²) in [5.74, 6) is -1.01. The van der Waals surface area contributed by atoms with Crippen molar-refractivity contribution >= 4 is 97.9 Å². The fraction of sp³-hybridized carbons (Fsp3) is 0.267. The first-order chi connectivity index (χ1) is 12.4. The Morgan fingerprint density at radius 2 is 1.58 bits per heavy atom. The van der Waals surface area contributed by atoms with Crippen molar-refractivity contribution in [1.82, 2.24) is 9.80 Å². The molecule has 2 heterocycles. The second kappa shape index (κ2) is 8.61. The van der Waals surface area contributed by atoms with E-state index < -0.39 is 11.8 Å². The summed E-state index contributed by atoms with van der Waals surface area (Å²) in [6.45, 7) is -0.540. The number of carbonyl (C=O) groups is 2. The lowest BCUT2D eigenvalue weighted by Crippen LogP contribution is -2.57. The van der Waals surface area contributed by atoms with E-state index in [1.54, 1.807) is 0 Å². The first-order valence-corrected chi connectivity index (χ1v) is 11.6. The van der Waals surface area contributed by atoms with E-state index in [1.165, 1.54) is 33.3 Å². The number of benzene rings is 1. The molecule has 26 heavy (non-hydrogen) atoms. The molecular weight excluding hydrogens is 622 g/mol. The van der Waals surface area contributed by atoms with Gasteiger partial charge in [-0.25, -0.2) is 0 Å². The molecule has 138 valence electrons. The first-order valence-electron chi connectivity index (χ1n) is 7.37. The first kappa shape index (κ1) is 20.8. The highest BCUT2D eigenvalue weighted by Gasteiger charge is 2.42. The van der Waals surface area contributed by atoms with Gasteiger partial charge >= 0.3 is 0 Å². The van der Waals surface area contributed by atoms with Gasteiger partial charge in [-0.2, -0.15) is 0 Å². The average molecular weight is 634 g/mol. The van der Waals surface area contributed by atoms with Crippen LogP contribution >= 0.6 is 80.9 Å². The number of hydrogen-bond acceptors (Lipinski definition) is 7. The number of halogens is 2. The minimum absolute atomic E-state index is 0.00136. The summed E-state index contributed by atoms with van der Waals surface area (Å²) >= 11 is 12.5. The zero-order chi connectivity index (χ0) is 19.0. The zero-order valence-corrected chi connectivity index (χ0v) is 19.8. The normalized spacial score (nSPS) is 17.5. The van der Waals surface area contributed by atoms with E-state index in [-0.39, 0.29) is 37.0 Å². The van der Waals surface area contributed by atoms with Gasteiger partial charge in [-0.1, -0.05) is 23.5 Å². The lowest BCUT2D eigenvalue weighted by molar-refractivity contribution is -0.134. The SMILES string of the molecule is O=C1C(=C2Sc3cc(I)cc(I)c3S2)C(=O)N(CCO)C(=S)N1CCO. The molecule has 0 aliphatic carbocycles. The van der Waals surface area contributed by atoms with Crippen LogP contribution in [0.15, 0.2) is 31.7 Å². The Morgan fingerprint density at radius 1 is 1.00 bits per heavy atom. The molecule has 0 unspecified atom stereocenters. The van der Waals surface area contributed by atoms with E-state index in [1.807, 2.05) is 12.1 Å². The number of β-amino-alcohol motifs (C(OH)–C–C–N with tert-alkyl or cyclic N) is 2. The Labute approximate surface area is 191 Å². The third-order valence-corrected chi connectivity index (χ3v) is 8.48. The van der Waals surface area contributed by atoms with Gasteiger partial charge in [0.1, 0.15) is 5.57 Å². The van der Waals surface area contributed by atoms with Crippen LogP contribution in [0.25, 0.3) is 0 Å². The van der Waals surface area contributed by atoms with Gasteiger partial charge in [0.2, 0.25) is 0 Å². The van der Waals surface area contributed by atoms with Crippen LogP contribution in [0.4, 0.5) is 0 Å². The number of thioether (sulfide) groups is 2. The van der Waals surface area contributed by atoms with E-state index in [4.69, 9.17) is 12.2 Å². The number of aliphatic hydroxyl groups is 2. The highest BCUT2D eigenvalue weighted by molar-refractivity contribution is 14.1. The molecule has 1 fully saturated rings. The quantitative estimate of drug-likeness (QED) is 0.228. The minimum Gasteiger partial charge on any atom is -0.395 e. The van der Waals surface area contributed by atoms with Crippen molar-refractivity contribution in [2.24, 2.45) is 0 Å². The van der Waals surface area contributed by atoms with Crippen LogP contribution in [0, 0.1) is 7.14 Å². The Morgan fingerprint density at radius 3 is 2.12 bits per heavy atom. The van der Waals surface area contributed by atoms with Crippen molar-refractivity contribution in [2.75, 3.05) is 26.3 Å². The molecule has 2 aliphatic heterocycles. The molecule has 0 bridgehead atoms. The average Bonchev–Trinajstić information content (AvgIpc) is 2.99. The summed E-state index contributed by atoms with van der Waals surface area (Å²) in [6, 6.07) is 4.06. The fourth-order valence-corrected chi connectivity index (χ4v) is 7.97. The van der Waals surface area contributed by atoms with Gasteiger partial charge < -0.3 is 10.2 Å². The van der Waals surface area contributed by atoms with Crippen LogP contribution in [-0.2, 0) is 9.59 Å². The van der Waals surface area contributed by atoms with Crippen molar-refractivity contribution in [3.05, 3.63) is 29.1 Å². The molecule has 2 N–H and O–H groups in total. The molecule has 2 aliphatic rings. The van der Waals surface area contributed by atoms with Crippen LogP contribution in [0.5, 0.6) is 0 Å². The third-order valence-electron chi connectivity index (χ3n) is 3.60. The summed E-state index contributed by atoms with van der Waals surface area (Å²) in [5, 5.41) is 18.5. The van der Waals surface area contributed by atoms with E-state index in [9.17, 15) is 19.8 Å². The van der Waals surface area contributed by atoms with Gasteiger partial charge in [-0.3, -0.25) is 19.4 Å². The number of thiocarbonyl (C=S) groups is 1. The molecule has 0 spiro atoms. The second-order valence-corrected chi connectivity index (χ2v) is 10.3. The molecule has 1 saturated heterocycles. The van der Waals surface area contributed by atoms with Gasteiger partial charge in [0.05, 0.1) is 30.5 Å². The lowest BCUT2D eigenvalue weighted by Gasteiger charge is -2.36. The van der Waals surface area contributed by atoms with E-state index in [0.717, 1.165) is 16.9 Å². The molecule has 3 rings (SSSR count). The van der Waals surface area contributed by atoms with Gasteiger partial charge in [0, 0.05) is 16.9 Å². The summed E-state index contributed by atoms with van der Waals surface area (Å²) < 4.78 is 2.74. The molecule has 1 aromatic rings. The number of amides is 2. The third kappa shape index (κ3) is 3.80. The highest BCUT2D eigenvalue weighted by atomic mass is 127. The molecule has 6 nitrogen and oxygen atoms in total. The maximum absolute atomic E-state index is 12.9. The summed E-state index contributed by atoms with van der Waals surface area (Å²) in [5.41, 5.74) is 0.0394. The molecule has 0 saturated carbocycles. The van der Waals surface area contributed by atoms with Crippen LogP contribution in [0.3, 0.4) is 0 Å². The Hall–Kier alpha value is 0.0700. The van der Waals surface area contributed by atoms with Crippen LogP contribution in [0.1, 0.15) is 0 Å². The molecule has 0 atom stereocenters. The van der Waals surface area contributed by atoms with Gasteiger partial charge in [-0.05, 0) is 69.5 Å². The standard InChI is InChI=1S/C15H12I2N2O4S3/c16-7-5-8(17)11-9(6-7)25-14(26-11)10-12(22)18(1-3-20)15(24)19(2-4-21)13(10)23/h5-6,20-21H,1-4H2. The fourth-order valence-electron chi connectivity index (χ4n) is 2.48.